The molecule has 1 aliphatic carbocycles. The predicted octanol–water partition coefficient (Wildman–Crippen LogP) is 2.60. The van der Waals surface area contributed by atoms with E-state index in [1.54, 1.807) is 0 Å². The van der Waals surface area contributed by atoms with E-state index in [-0.39, 0.29) is 11.3 Å². The maximum atomic E-state index is 12.5. The van der Waals surface area contributed by atoms with Crippen LogP contribution < -0.4 is 5.32 Å². The molecule has 0 aromatic heterocycles. The fourth-order valence-electron chi connectivity index (χ4n) is 2.73. The highest BCUT2D eigenvalue weighted by molar-refractivity contribution is 5.88. The zero-order valence-corrected chi connectivity index (χ0v) is 12.0. The number of methoxy groups -OCH3 is 1. The highest BCUT2D eigenvalue weighted by Crippen LogP contribution is 2.38. The van der Waals surface area contributed by atoms with Gasteiger partial charge in [0, 0.05) is 5.41 Å². The molecule has 1 aromatic rings. The molecule has 1 aromatic carbocycles. The lowest BCUT2D eigenvalue weighted by atomic mass is 9.87. The molecule has 1 atom stereocenters. The number of benzene rings is 1. The van der Waals surface area contributed by atoms with E-state index in [1.807, 2.05) is 37.3 Å². The second-order valence-electron chi connectivity index (χ2n) is 5.61. The van der Waals surface area contributed by atoms with Crippen molar-refractivity contribution in [2.24, 2.45) is 5.41 Å². The highest BCUT2D eigenvalue weighted by atomic mass is 16.5. The van der Waals surface area contributed by atoms with Gasteiger partial charge in [0.15, 0.2) is 6.04 Å². The average molecular weight is 275 g/mol. The second-order valence-corrected chi connectivity index (χ2v) is 5.61. The van der Waals surface area contributed by atoms with Gasteiger partial charge in [-0.2, -0.15) is 0 Å². The van der Waals surface area contributed by atoms with Crippen molar-refractivity contribution in [3.8, 4) is 0 Å². The van der Waals surface area contributed by atoms with Crippen LogP contribution in [0.5, 0.6) is 0 Å². The fourth-order valence-corrected chi connectivity index (χ4v) is 2.73. The molecule has 1 aliphatic rings. The van der Waals surface area contributed by atoms with Gasteiger partial charge in [-0.1, -0.05) is 50.1 Å². The van der Waals surface area contributed by atoms with E-state index in [4.69, 9.17) is 4.74 Å². The maximum Gasteiger partial charge on any atom is 0.333 e. The molecule has 0 bridgehead atoms. The number of hydrogen-bond donors (Lipinski definition) is 1. The Hall–Kier alpha value is -1.84. The number of hydrogen-bond acceptors (Lipinski definition) is 3. The molecule has 4 heteroatoms. The topological polar surface area (TPSA) is 55.4 Å². The summed E-state index contributed by atoms with van der Waals surface area (Å²) >= 11 is 0. The van der Waals surface area contributed by atoms with Crippen LogP contribution in [0.25, 0.3) is 0 Å². The quantitative estimate of drug-likeness (QED) is 0.859. The second kappa shape index (κ2) is 6.07. The van der Waals surface area contributed by atoms with E-state index in [1.165, 1.54) is 7.11 Å². The monoisotopic (exact) mass is 275 g/mol. The van der Waals surface area contributed by atoms with Gasteiger partial charge in [-0.25, -0.2) is 4.79 Å². The van der Waals surface area contributed by atoms with Gasteiger partial charge in [0.1, 0.15) is 0 Å². The average Bonchev–Trinajstić information content (AvgIpc) is 2.93. The van der Waals surface area contributed by atoms with Crippen LogP contribution in [0.1, 0.15) is 44.2 Å². The summed E-state index contributed by atoms with van der Waals surface area (Å²) in [5, 5.41) is 2.85. The Morgan fingerprint density at radius 1 is 1.20 bits per heavy atom. The van der Waals surface area contributed by atoms with Crippen molar-refractivity contribution in [1.29, 1.82) is 0 Å². The van der Waals surface area contributed by atoms with Crippen molar-refractivity contribution in [3.63, 3.8) is 0 Å². The van der Waals surface area contributed by atoms with Crippen LogP contribution in [-0.2, 0) is 14.3 Å². The zero-order chi connectivity index (χ0) is 14.6. The molecule has 0 saturated heterocycles. The molecule has 20 heavy (non-hydrogen) atoms. The van der Waals surface area contributed by atoms with E-state index in [0.717, 1.165) is 31.2 Å². The Kier molecular flexibility index (Phi) is 4.42. The first-order chi connectivity index (χ1) is 9.57. The Morgan fingerprint density at radius 3 is 2.35 bits per heavy atom. The van der Waals surface area contributed by atoms with E-state index in [0.29, 0.717) is 0 Å². The van der Waals surface area contributed by atoms with Gasteiger partial charge in [-0.05, 0) is 18.4 Å². The molecule has 0 radical (unpaired) electrons. The Bertz CT molecular complexity index is 478. The number of ether oxygens (including phenoxy) is 1. The summed E-state index contributed by atoms with van der Waals surface area (Å²) < 4.78 is 4.81. The number of amides is 1. The molecule has 0 heterocycles. The van der Waals surface area contributed by atoms with Gasteiger partial charge in [0.2, 0.25) is 5.91 Å². The van der Waals surface area contributed by atoms with Crippen LogP contribution in [0.15, 0.2) is 30.3 Å². The number of carbonyl (C=O) groups is 2. The Balaban J connectivity index is 2.16. The van der Waals surface area contributed by atoms with Crippen molar-refractivity contribution < 1.29 is 14.3 Å². The third-order valence-corrected chi connectivity index (χ3v) is 4.10. The normalized spacial score (nSPS) is 18.3. The van der Waals surface area contributed by atoms with Crippen molar-refractivity contribution in [2.75, 3.05) is 7.11 Å². The number of rotatable bonds is 4. The van der Waals surface area contributed by atoms with Gasteiger partial charge in [0.25, 0.3) is 0 Å². The van der Waals surface area contributed by atoms with Gasteiger partial charge in [-0.15, -0.1) is 0 Å². The predicted molar refractivity (Wildman–Crippen MR) is 75.9 cm³/mol. The molecular weight excluding hydrogens is 254 g/mol. The summed E-state index contributed by atoms with van der Waals surface area (Å²) in [6.07, 6.45) is 3.89. The van der Waals surface area contributed by atoms with Crippen LogP contribution in [0, 0.1) is 5.41 Å². The third-order valence-electron chi connectivity index (χ3n) is 4.10. The maximum absolute atomic E-state index is 12.5. The summed E-state index contributed by atoms with van der Waals surface area (Å²) in [6, 6.07) is 8.46. The number of nitrogens with one attached hydrogen (secondary N) is 1. The summed E-state index contributed by atoms with van der Waals surface area (Å²) in [6.45, 7) is 1.97. The van der Waals surface area contributed by atoms with Crippen LogP contribution in [0.2, 0.25) is 0 Å². The smallest absolute Gasteiger partial charge is 0.333 e. The molecule has 2 rings (SSSR count). The minimum Gasteiger partial charge on any atom is -0.467 e. The van der Waals surface area contributed by atoms with Gasteiger partial charge >= 0.3 is 5.97 Å². The Morgan fingerprint density at radius 2 is 1.80 bits per heavy atom. The zero-order valence-electron chi connectivity index (χ0n) is 12.0. The molecular formula is C16H21NO3. The summed E-state index contributed by atoms with van der Waals surface area (Å²) in [5.41, 5.74) is 0.385. The molecule has 1 fully saturated rings. The lowest BCUT2D eigenvalue weighted by Crippen LogP contribution is -2.42. The van der Waals surface area contributed by atoms with Gasteiger partial charge in [-0.3, -0.25) is 4.79 Å². The standard InChI is InChI=1S/C16H21NO3/c1-16(10-6-7-11-16)15(19)17-13(14(18)20-2)12-8-4-3-5-9-12/h3-5,8-9,13H,6-7,10-11H2,1-2H3,(H,17,19). The van der Waals surface area contributed by atoms with Crippen LogP contribution in [0.3, 0.4) is 0 Å². The first kappa shape index (κ1) is 14.6. The molecule has 0 aliphatic heterocycles. The minimum absolute atomic E-state index is 0.0609. The van der Waals surface area contributed by atoms with E-state index < -0.39 is 12.0 Å². The van der Waals surface area contributed by atoms with Crippen LogP contribution in [0.4, 0.5) is 0 Å². The van der Waals surface area contributed by atoms with Crippen molar-refractivity contribution >= 4 is 11.9 Å². The van der Waals surface area contributed by atoms with E-state index in [2.05, 4.69) is 5.32 Å². The molecule has 108 valence electrons. The molecule has 1 amide bonds. The van der Waals surface area contributed by atoms with Gasteiger partial charge < -0.3 is 10.1 Å². The van der Waals surface area contributed by atoms with Crippen LogP contribution >= 0.6 is 0 Å². The minimum atomic E-state index is -0.730. The molecule has 1 N–H and O–H groups in total. The number of esters is 1. The summed E-state index contributed by atoms with van der Waals surface area (Å²) in [5.74, 6) is -0.500. The third kappa shape index (κ3) is 3.00. The first-order valence-electron chi connectivity index (χ1n) is 7.00. The van der Waals surface area contributed by atoms with Gasteiger partial charge in [0.05, 0.1) is 7.11 Å². The molecule has 0 spiro atoms. The lowest BCUT2D eigenvalue weighted by Gasteiger charge is -2.25. The lowest BCUT2D eigenvalue weighted by molar-refractivity contribution is -0.146. The van der Waals surface area contributed by atoms with Crippen molar-refractivity contribution in [3.05, 3.63) is 35.9 Å². The molecule has 4 nitrogen and oxygen atoms in total. The first-order valence-corrected chi connectivity index (χ1v) is 7.00. The largest absolute Gasteiger partial charge is 0.467 e. The molecule has 1 saturated carbocycles. The molecule has 1 unspecified atom stereocenters. The van der Waals surface area contributed by atoms with Crippen molar-refractivity contribution in [1.82, 2.24) is 5.32 Å². The highest BCUT2D eigenvalue weighted by Gasteiger charge is 2.38. The van der Waals surface area contributed by atoms with Crippen LogP contribution in [-0.4, -0.2) is 19.0 Å². The summed E-state index contributed by atoms with van der Waals surface area (Å²) in [4.78, 5) is 24.4. The SMILES string of the molecule is COC(=O)C(NC(=O)C1(C)CCCC1)c1ccccc1. The summed E-state index contributed by atoms with van der Waals surface area (Å²) in [7, 11) is 1.34. The fraction of sp³-hybridized carbons (Fsp3) is 0.500. The Labute approximate surface area is 119 Å². The number of carbonyl (C=O) groups excluding carboxylic acids is 2. The van der Waals surface area contributed by atoms with E-state index in [9.17, 15) is 9.59 Å². The van der Waals surface area contributed by atoms with Crippen molar-refractivity contribution in [2.45, 2.75) is 38.6 Å². The van der Waals surface area contributed by atoms with E-state index >= 15 is 0 Å².